The van der Waals surface area contributed by atoms with Gasteiger partial charge in [-0.15, -0.1) is 5.10 Å². The van der Waals surface area contributed by atoms with Crippen LogP contribution in [0, 0.1) is 6.92 Å². The van der Waals surface area contributed by atoms with Crippen LogP contribution in [0.1, 0.15) is 29.8 Å². The second kappa shape index (κ2) is 8.34. The Balaban J connectivity index is 1.26. The van der Waals surface area contributed by atoms with Crippen molar-refractivity contribution in [1.82, 2.24) is 25.1 Å². The SMILES string of the molecule is Cc1cc(N2CCN(c3cc4c(nn3)CCCC4)CC2)nc(N2CCN(C)CC2)n1. The molecule has 2 aromatic heterocycles. The molecule has 0 radical (unpaired) electrons. The average molecular weight is 409 g/mol. The lowest BCUT2D eigenvalue weighted by Gasteiger charge is -2.37. The van der Waals surface area contributed by atoms with Gasteiger partial charge in [0.1, 0.15) is 5.82 Å². The minimum atomic E-state index is 0.876. The summed E-state index contributed by atoms with van der Waals surface area (Å²) < 4.78 is 0. The average Bonchev–Trinajstić information content (AvgIpc) is 2.79. The second-order valence-electron chi connectivity index (χ2n) is 8.81. The van der Waals surface area contributed by atoms with Crippen molar-refractivity contribution in [2.45, 2.75) is 32.6 Å². The maximum absolute atomic E-state index is 4.94. The molecule has 5 rings (SSSR count). The Bertz CT molecular complexity index is 885. The van der Waals surface area contributed by atoms with Crippen LogP contribution in [-0.4, -0.2) is 84.5 Å². The predicted molar refractivity (Wildman–Crippen MR) is 120 cm³/mol. The minimum Gasteiger partial charge on any atom is -0.353 e. The van der Waals surface area contributed by atoms with Crippen LogP contribution in [0.2, 0.25) is 0 Å². The van der Waals surface area contributed by atoms with Crippen LogP contribution in [0.25, 0.3) is 0 Å². The van der Waals surface area contributed by atoms with E-state index < -0.39 is 0 Å². The number of aromatic nitrogens is 4. The minimum absolute atomic E-state index is 0.876. The molecule has 0 unspecified atom stereocenters. The van der Waals surface area contributed by atoms with E-state index in [0.717, 1.165) is 88.5 Å². The van der Waals surface area contributed by atoms with Crippen molar-refractivity contribution in [3.8, 4) is 0 Å². The molecule has 4 heterocycles. The van der Waals surface area contributed by atoms with Crippen molar-refractivity contribution in [3.63, 3.8) is 0 Å². The number of nitrogens with zero attached hydrogens (tertiary/aromatic N) is 8. The summed E-state index contributed by atoms with van der Waals surface area (Å²) >= 11 is 0. The van der Waals surface area contributed by atoms with Crippen molar-refractivity contribution in [2.75, 3.05) is 74.1 Å². The molecule has 0 amide bonds. The van der Waals surface area contributed by atoms with Crippen LogP contribution in [0.5, 0.6) is 0 Å². The molecular formula is C22H32N8. The summed E-state index contributed by atoms with van der Waals surface area (Å²) in [4.78, 5) is 19.1. The van der Waals surface area contributed by atoms with E-state index in [2.05, 4.69) is 55.9 Å². The number of rotatable bonds is 3. The molecule has 160 valence electrons. The van der Waals surface area contributed by atoms with Crippen LogP contribution in [0.3, 0.4) is 0 Å². The maximum atomic E-state index is 4.94. The summed E-state index contributed by atoms with van der Waals surface area (Å²) in [6.07, 6.45) is 4.75. The number of likely N-dealkylation sites (N-methyl/N-ethyl adjacent to an activating group) is 1. The van der Waals surface area contributed by atoms with Gasteiger partial charge in [0, 0.05) is 64.1 Å². The third kappa shape index (κ3) is 4.05. The standard InChI is InChI=1S/C22H32N8/c1-17-15-20(24-22(23-17)30-9-7-27(2)8-10-30)28-11-13-29(14-12-28)21-16-18-5-3-4-6-19(18)25-26-21/h15-16H,3-14H2,1-2H3. The second-order valence-corrected chi connectivity index (χ2v) is 8.81. The molecule has 1 aliphatic carbocycles. The third-order valence-corrected chi connectivity index (χ3v) is 6.60. The number of hydrogen-bond acceptors (Lipinski definition) is 8. The zero-order valence-corrected chi connectivity index (χ0v) is 18.2. The number of anilines is 3. The first-order valence-corrected chi connectivity index (χ1v) is 11.3. The first-order chi connectivity index (χ1) is 14.7. The zero-order valence-electron chi connectivity index (χ0n) is 18.2. The molecular weight excluding hydrogens is 376 g/mol. The van der Waals surface area contributed by atoms with Crippen molar-refractivity contribution in [3.05, 3.63) is 29.1 Å². The molecule has 2 aliphatic heterocycles. The van der Waals surface area contributed by atoms with Gasteiger partial charge in [0.25, 0.3) is 0 Å². The fourth-order valence-corrected chi connectivity index (χ4v) is 4.64. The number of fused-ring (bicyclic) bond motifs is 1. The summed E-state index contributed by atoms with van der Waals surface area (Å²) in [6.45, 7) is 9.95. The molecule has 2 fully saturated rings. The largest absolute Gasteiger partial charge is 0.353 e. The quantitative estimate of drug-likeness (QED) is 0.758. The topological polar surface area (TPSA) is 64.5 Å². The molecule has 8 nitrogen and oxygen atoms in total. The maximum Gasteiger partial charge on any atom is 0.227 e. The van der Waals surface area contributed by atoms with Gasteiger partial charge in [-0.3, -0.25) is 0 Å². The van der Waals surface area contributed by atoms with Crippen molar-refractivity contribution in [1.29, 1.82) is 0 Å². The fourth-order valence-electron chi connectivity index (χ4n) is 4.64. The van der Waals surface area contributed by atoms with E-state index in [1.165, 1.54) is 24.1 Å². The number of aryl methyl sites for hydroxylation is 3. The highest BCUT2D eigenvalue weighted by atomic mass is 15.4. The van der Waals surface area contributed by atoms with Gasteiger partial charge in [-0.1, -0.05) is 0 Å². The van der Waals surface area contributed by atoms with Gasteiger partial charge in [0.2, 0.25) is 5.95 Å². The molecule has 8 heteroatoms. The summed E-state index contributed by atoms with van der Waals surface area (Å²) in [6, 6.07) is 4.39. The van der Waals surface area contributed by atoms with Crippen LogP contribution in [0.15, 0.2) is 12.1 Å². The lowest BCUT2D eigenvalue weighted by Crippen LogP contribution is -2.48. The van der Waals surface area contributed by atoms with Crippen molar-refractivity contribution >= 4 is 17.6 Å². The normalized spacial score (nSPS) is 20.4. The van der Waals surface area contributed by atoms with E-state index in [1.54, 1.807) is 0 Å². The predicted octanol–water partition coefficient (Wildman–Crippen LogP) is 1.53. The Morgan fingerprint density at radius 1 is 0.700 bits per heavy atom. The van der Waals surface area contributed by atoms with Crippen molar-refractivity contribution < 1.29 is 0 Å². The monoisotopic (exact) mass is 408 g/mol. The van der Waals surface area contributed by atoms with Gasteiger partial charge in [-0.05, 0) is 51.3 Å². The lowest BCUT2D eigenvalue weighted by atomic mass is 9.97. The first kappa shape index (κ1) is 19.5. The molecule has 2 saturated heterocycles. The Labute approximate surface area is 178 Å². The first-order valence-electron chi connectivity index (χ1n) is 11.3. The molecule has 0 N–H and O–H groups in total. The zero-order chi connectivity index (χ0) is 20.5. The molecule has 3 aliphatic rings. The summed E-state index contributed by atoms with van der Waals surface area (Å²) in [5.41, 5.74) is 3.64. The Hall–Kier alpha value is -2.48. The molecule has 0 spiro atoms. The molecule has 30 heavy (non-hydrogen) atoms. The van der Waals surface area contributed by atoms with Crippen LogP contribution >= 0.6 is 0 Å². The van der Waals surface area contributed by atoms with E-state index in [9.17, 15) is 0 Å². The van der Waals surface area contributed by atoms with Crippen LogP contribution in [-0.2, 0) is 12.8 Å². The van der Waals surface area contributed by atoms with Gasteiger partial charge in [0.05, 0.1) is 5.69 Å². The van der Waals surface area contributed by atoms with E-state index >= 15 is 0 Å². The molecule has 0 aromatic carbocycles. The van der Waals surface area contributed by atoms with Crippen molar-refractivity contribution in [2.24, 2.45) is 0 Å². The number of hydrogen-bond donors (Lipinski definition) is 0. The van der Waals surface area contributed by atoms with Gasteiger partial charge in [-0.25, -0.2) is 4.98 Å². The van der Waals surface area contributed by atoms with Gasteiger partial charge in [-0.2, -0.15) is 10.1 Å². The smallest absolute Gasteiger partial charge is 0.227 e. The molecule has 0 saturated carbocycles. The molecule has 2 aromatic rings. The van der Waals surface area contributed by atoms with E-state index in [-0.39, 0.29) is 0 Å². The van der Waals surface area contributed by atoms with Gasteiger partial charge >= 0.3 is 0 Å². The summed E-state index contributed by atoms with van der Waals surface area (Å²) in [7, 11) is 2.17. The highest BCUT2D eigenvalue weighted by Gasteiger charge is 2.23. The van der Waals surface area contributed by atoms with Crippen LogP contribution in [0.4, 0.5) is 17.6 Å². The van der Waals surface area contributed by atoms with Crippen LogP contribution < -0.4 is 14.7 Å². The molecule has 0 bridgehead atoms. The van der Waals surface area contributed by atoms with E-state index in [0.29, 0.717) is 0 Å². The highest BCUT2D eigenvalue weighted by molar-refractivity contribution is 5.49. The fraction of sp³-hybridized carbons (Fsp3) is 0.636. The summed E-state index contributed by atoms with van der Waals surface area (Å²) in [5, 5.41) is 9.05. The Morgan fingerprint density at radius 2 is 1.37 bits per heavy atom. The lowest BCUT2D eigenvalue weighted by molar-refractivity contribution is 0.311. The highest BCUT2D eigenvalue weighted by Crippen LogP contribution is 2.24. The third-order valence-electron chi connectivity index (χ3n) is 6.60. The van der Waals surface area contributed by atoms with Gasteiger partial charge in [0.15, 0.2) is 5.82 Å². The Kier molecular flexibility index (Phi) is 5.41. The summed E-state index contributed by atoms with van der Waals surface area (Å²) in [5.74, 6) is 2.96. The van der Waals surface area contributed by atoms with E-state index in [4.69, 9.17) is 9.97 Å². The molecule has 0 atom stereocenters. The Morgan fingerprint density at radius 3 is 2.13 bits per heavy atom. The van der Waals surface area contributed by atoms with Gasteiger partial charge < -0.3 is 19.6 Å². The number of piperazine rings is 2. The van der Waals surface area contributed by atoms with E-state index in [1.807, 2.05) is 0 Å².